The van der Waals surface area contributed by atoms with Crippen molar-refractivity contribution in [2.75, 3.05) is 0 Å². The first-order valence-corrected chi connectivity index (χ1v) is 6.92. The van der Waals surface area contributed by atoms with Crippen LogP contribution in [0, 0.1) is 0 Å². The van der Waals surface area contributed by atoms with Crippen LogP contribution in [0.5, 0.6) is 0 Å². The fraction of sp³-hybridized carbons (Fsp3) is 0.385. The summed E-state index contributed by atoms with van der Waals surface area (Å²) in [7, 11) is 0. The second-order valence-corrected chi connectivity index (χ2v) is 5.66. The van der Waals surface area contributed by atoms with Gasteiger partial charge in [-0.1, -0.05) is 28.1 Å². The van der Waals surface area contributed by atoms with Gasteiger partial charge in [0, 0.05) is 29.9 Å². The normalized spacial score (nSPS) is 18.7. The molecule has 0 radical (unpaired) electrons. The van der Waals surface area contributed by atoms with Gasteiger partial charge in [0.2, 0.25) is 0 Å². The molecule has 1 atom stereocenters. The molecule has 94 valence electrons. The third kappa shape index (κ3) is 2.33. The van der Waals surface area contributed by atoms with Crippen LogP contribution in [-0.4, -0.2) is 20.8 Å². The highest BCUT2D eigenvalue weighted by molar-refractivity contribution is 9.10. The number of rotatable bonds is 2. The molecule has 5 heteroatoms. The van der Waals surface area contributed by atoms with Gasteiger partial charge in [-0.2, -0.15) is 0 Å². The van der Waals surface area contributed by atoms with Crippen molar-refractivity contribution >= 4 is 15.9 Å². The summed E-state index contributed by atoms with van der Waals surface area (Å²) >= 11 is 3.49. The lowest BCUT2D eigenvalue weighted by molar-refractivity contribution is 0.455. The Hall–Kier alpha value is -1.20. The van der Waals surface area contributed by atoms with E-state index < -0.39 is 0 Å². The zero-order valence-electron chi connectivity index (χ0n) is 10.0. The Balaban J connectivity index is 1.86. The molecule has 0 fully saturated rings. The Bertz CT molecular complexity index is 564. The predicted molar refractivity (Wildman–Crippen MR) is 73.3 cm³/mol. The summed E-state index contributed by atoms with van der Waals surface area (Å²) in [4.78, 5) is 0. The van der Waals surface area contributed by atoms with Crippen molar-refractivity contribution in [1.29, 1.82) is 0 Å². The molecule has 2 heterocycles. The fourth-order valence-electron chi connectivity index (χ4n) is 2.37. The largest absolute Gasteiger partial charge is 0.327 e. The topological polar surface area (TPSA) is 56.7 Å². The van der Waals surface area contributed by atoms with Gasteiger partial charge in [-0.05, 0) is 24.1 Å². The Morgan fingerprint density at radius 2 is 2.28 bits per heavy atom. The van der Waals surface area contributed by atoms with Crippen LogP contribution in [0.1, 0.15) is 23.6 Å². The highest BCUT2D eigenvalue weighted by Gasteiger charge is 2.20. The maximum Gasteiger partial charge on any atom is 0.137 e. The van der Waals surface area contributed by atoms with Crippen molar-refractivity contribution in [3.05, 3.63) is 46.0 Å². The lowest BCUT2D eigenvalue weighted by Crippen LogP contribution is -2.31. The van der Waals surface area contributed by atoms with Crippen molar-refractivity contribution in [2.24, 2.45) is 5.73 Å². The summed E-state index contributed by atoms with van der Waals surface area (Å²) in [6, 6.07) is 8.54. The Kier molecular flexibility index (Phi) is 3.18. The maximum absolute atomic E-state index is 5.94. The number of benzene rings is 1. The van der Waals surface area contributed by atoms with Crippen LogP contribution in [0.2, 0.25) is 0 Å². The molecule has 0 amide bonds. The zero-order chi connectivity index (χ0) is 12.5. The number of fused-ring (bicyclic) bond motifs is 1. The molecular formula is C13H15BrN4. The van der Waals surface area contributed by atoms with Gasteiger partial charge in [-0.25, -0.2) is 0 Å². The first-order chi connectivity index (χ1) is 8.72. The molecule has 2 aromatic rings. The minimum Gasteiger partial charge on any atom is -0.327 e. The lowest BCUT2D eigenvalue weighted by Gasteiger charge is -2.20. The molecule has 4 nitrogen and oxygen atoms in total. The summed E-state index contributed by atoms with van der Waals surface area (Å²) in [5, 5.41) is 8.55. The Morgan fingerprint density at radius 3 is 3.11 bits per heavy atom. The number of nitrogens with two attached hydrogens (primary N) is 1. The molecular weight excluding hydrogens is 292 g/mol. The summed E-state index contributed by atoms with van der Waals surface area (Å²) < 4.78 is 3.31. The van der Waals surface area contributed by atoms with E-state index in [0.29, 0.717) is 0 Å². The molecule has 0 aliphatic carbocycles. The smallest absolute Gasteiger partial charge is 0.137 e. The molecule has 0 spiro atoms. The number of hydrogen-bond donors (Lipinski definition) is 1. The molecule has 3 rings (SSSR count). The fourth-order valence-corrected chi connectivity index (χ4v) is 2.82. The SMILES string of the molecule is NC1CCn2c(Cc3cccc(Br)c3)nnc2C1. The van der Waals surface area contributed by atoms with Crippen molar-refractivity contribution < 1.29 is 0 Å². The number of hydrogen-bond acceptors (Lipinski definition) is 3. The van der Waals surface area contributed by atoms with Crippen LogP contribution in [-0.2, 0) is 19.4 Å². The van der Waals surface area contributed by atoms with Crippen molar-refractivity contribution in [3.8, 4) is 0 Å². The summed E-state index contributed by atoms with van der Waals surface area (Å²) in [6.45, 7) is 0.937. The van der Waals surface area contributed by atoms with Crippen LogP contribution in [0.25, 0.3) is 0 Å². The summed E-state index contributed by atoms with van der Waals surface area (Å²) in [5.41, 5.74) is 7.19. The van der Waals surface area contributed by atoms with E-state index in [-0.39, 0.29) is 6.04 Å². The van der Waals surface area contributed by atoms with Gasteiger partial charge in [0.25, 0.3) is 0 Å². The standard InChI is InChI=1S/C13H15BrN4/c14-10-3-1-2-9(6-10)7-12-16-17-13-8-11(15)4-5-18(12)13/h1-3,6,11H,4-5,7-8,15H2. The molecule has 1 aromatic heterocycles. The first kappa shape index (κ1) is 11.9. The van der Waals surface area contributed by atoms with Gasteiger partial charge < -0.3 is 10.3 Å². The molecule has 1 aliphatic rings. The summed E-state index contributed by atoms with van der Waals surface area (Å²) in [5.74, 6) is 2.06. The van der Waals surface area contributed by atoms with Crippen molar-refractivity contribution in [2.45, 2.75) is 31.8 Å². The summed E-state index contributed by atoms with van der Waals surface area (Å²) in [6.07, 6.45) is 2.67. The lowest BCUT2D eigenvalue weighted by atomic mass is 10.1. The van der Waals surface area contributed by atoms with Gasteiger partial charge in [0.15, 0.2) is 0 Å². The third-order valence-electron chi connectivity index (χ3n) is 3.32. The number of aromatic nitrogens is 3. The monoisotopic (exact) mass is 306 g/mol. The second-order valence-electron chi connectivity index (χ2n) is 4.74. The molecule has 2 N–H and O–H groups in total. The van der Waals surface area contributed by atoms with Gasteiger partial charge >= 0.3 is 0 Å². The molecule has 18 heavy (non-hydrogen) atoms. The Labute approximate surface area is 114 Å². The van der Waals surface area contributed by atoms with Crippen LogP contribution < -0.4 is 5.73 Å². The van der Waals surface area contributed by atoms with Crippen LogP contribution in [0.15, 0.2) is 28.7 Å². The van der Waals surface area contributed by atoms with Crippen molar-refractivity contribution in [3.63, 3.8) is 0 Å². The molecule has 0 saturated carbocycles. The zero-order valence-corrected chi connectivity index (χ0v) is 11.6. The minimum atomic E-state index is 0.236. The van der Waals surface area contributed by atoms with Crippen LogP contribution in [0.4, 0.5) is 0 Å². The van der Waals surface area contributed by atoms with Crippen LogP contribution in [0.3, 0.4) is 0 Å². The second kappa shape index (κ2) is 4.82. The van der Waals surface area contributed by atoms with Crippen LogP contribution >= 0.6 is 15.9 Å². The molecule has 1 aliphatic heterocycles. The molecule has 1 aromatic carbocycles. The quantitative estimate of drug-likeness (QED) is 0.922. The minimum absolute atomic E-state index is 0.236. The molecule has 0 bridgehead atoms. The van der Waals surface area contributed by atoms with Gasteiger partial charge in [-0.15, -0.1) is 10.2 Å². The number of nitrogens with zero attached hydrogens (tertiary/aromatic N) is 3. The van der Waals surface area contributed by atoms with Crippen molar-refractivity contribution in [1.82, 2.24) is 14.8 Å². The Morgan fingerprint density at radius 1 is 1.39 bits per heavy atom. The van der Waals surface area contributed by atoms with Gasteiger partial charge in [-0.3, -0.25) is 0 Å². The van der Waals surface area contributed by atoms with E-state index in [1.807, 2.05) is 12.1 Å². The van der Waals surface area contributed by atoms with E-state index in [4.69, 9.17) is 5.73 Å². The molecule has 0 saturated heterocycles. The van der Waals surface area contributed by atoms with Gasteiger partial charge in [0.1, 0.15) is 11.6 Å². The average molecular weight is 307 g/mol. The first-order valence-electron chi connectivity index (χ1n) is 6.13. The third-order valence-corrected chi connectivity index (χ3v) is 3.82. The molecule has 1 unspecified atom stereocenters. The van der Waals surface area contributed by atoms with E-state index in [1.165, 1.54) is 5.56 Å². The average Bonchev–Trinajstić information content (AvgIpc) is 2.72. The van der Waals surface area contributed by atoms with E-state index in [9.17, 15) is 0 Å². The maximum atomic E-state index is 5.94. The van der Waals surface area contributed by atoms with Gasteiger partial charge in [0.05, 0.1) is 0 Å². The van der Waals surface area contributed by atoms with E-state index in [0.717, 1.165) is 41.9 Å². The predicted octanol–water partition coefficient (Wildman–Crippen LogP) is 1.90. The number of halogens is 1. The van der Waals surface area contributed by atoms with E-state index in [1.54, 1.807) is 0 Å². The van der Waals surface area contributed by atoms with E-state index in [2.05, 4.69) is 42.8 Å². The van der Waals surface area contributed by atoms with E-state index >= 15 is 0 Å². The highest BCUT2D eigenvalue weighted by Crippen LogP contribution is 2.18. The highest BCUT2D eigenvalue weighted by atomic mass is 79.9.